The molecule has 3 heteroatoms. The maximum Gasteiger partial charge on any atom is 0.0135 e. The molecule has 96 valence electrons. The van der Waals surface area contributed by atoms with Crippen molar-refractivity contribution in [3.63, 3.8) is 0 Å². The molecule has 0 bridgehead atoms. The summed E-state index contributed by atoms with van der Waals surface area (Å²) < 4.78 is 0. The summed E-state index contributed by atoms with van der Waals surface area (Å²) in [6, 6.07) is 1.57. The Hall–Kier alpha value is 0.270. The monoisotopic (exact) mass is 244 g/mol. The van der Waals surface area contributed by atoms with E-state index in [0.29, 0.717) is 0 Å². The van der Waals surface area contributed by atoms with E-state index in [1.807, 2.05) is 11.8 Å². The van der Waals surface area contributed by atoms with Crippen LogP contribution in [0.25, 0.3) is 0 Å². The van der Waals surface area contributed by atoms with E-state index in [2.05, 4.69) is 37.4 Å². The lowest BCUT2D eigenvalue weighted by molar-refractivity contribution is 0.0547. The van der Waals surface area contributed by atoms with Gasteiger partial charge < -0.3 is 10.2 Å². The Bertz CT molecular complexity index is 177. The zero-order chi connectivity index (χ0) is 12.0. The zero-order valence-corrected chi connectivity index (χ0v) is 12.1. The van der Waals surface area contributed by atoms with Gasteiger partial charge in [0.05, 0.1) is 0 Å². The molecule has 3 atom stereocenters. The predicted molar refractivity (Wildman–Crippen MR) is 75.3 cm³/mol. The van der Waals surface area contributed by atoms with Gasteiger partial charge in [0.2, 0.25) is 0 Å². The van der Waals surface area contributed by atoms with Crippen molar-refractivity contribution in [3.8, 4) is 0 Å². The Labute approximate surface area is 106 Å². The molecule has 3 unspecified atom stereocenters. The van der Waals surface area contributed by atoms with Gasteiger partial charge in [0, 0.05) is 12.1 Å². The molecule has 0 aromatic carbocycles. The fourth-order valence-corrected chi connectivity index (χ4v) is 3.05. The Morgan fingerprint density at radius 2 is 2.19 bits per heavy atom. The van der Waals surface area contributed by atoms with Gasteiger partial charge in [-0.05, 0) is 64.2 Å². The third-order valence-electron chi connectivity index (χ3n) is 3.99. The predicted octanol–water partition coefficient (Wildman–Crippen LogP) is 2.45. The van der Waals surface area contributed by atoms with Crippen molar-refractivity contribution in [2.45, 2.75) is 45.2 Å². The maximum absolute atomic E-state index is 3.49. The molecule has 1 saturated carbocycles. The molecule has 0 spiro atoms. The quantitative estimate of drug-likeness (QED) is 0.706. The fraction of sp³-hybridized carbons (Fsp3) is 1.00. The molecule has 1 rings (SSSR count). The van der Waals surface area contributed by atoms with Crippen molar-refractivity contribution < 1.29 is 0 Å². The minimum absolute atomic E-state index is 0.738. The van der Waals surface area contributed by atoms with E-state index in [1.54, 1.807) is 0 Å². The third kappa shape index (κ3) is 3.94. The molecular weight excluding hydrogens is 216 g/mol. The van der Waals surface area contributed by atoms with E-state index in [1.165, 1.54) is 31.6 Å². The van der Waals surface area contributed by atoms with Crippen LogP contribution in [0.15, 0.2) is 0 Å². The summed E-state index contributed by atoms with van der Waals surface area (Å²) >= 11 is 1.96. The molecule has 0 heterocycles. The van der Waals surface area contributed by atoms with E-state index in [-0.39, 0.29) is 0 Å². The lowest BCUT2D eigenvalue weighted by Gasteiger charge is -2.45. The van der Waals surface area contributed by atoms with Gasteiger partial charge >= 0.3 is 0 Å². The van der Waals surface area contributed by atoms with Crippen molar-refractivity contribution in [2.24, 2.45) is 5.92 Å². The normalized spacial score (nSPS) is 26.8. The topological polar surface area (TPSA) is 15.3 Å². The first-order chi connectivity index (χ1) is 7.70. The highest BCUT2D eigenvalue weighted by Crippen LogP contribution is 2.32. The van der Waals surface area contributed by atoms with Crippen LogP contribution in [0.2, 0.25) is 0 Å². The van der Waals surface area contributed by atoms with Gasteiger partial charge in [0.1, 0.15) is 0 Å². The van der Waals surface area contributed by atoms with Crippen molar-refractivity contribution >= 4 is 11.8 Å². The molecular formula is C13H28N2S. The Morgan fingerprint density at radius 3 is 2.69 bits per heavy atom. The SMILES string of the molecule is CCNCC1CCC1N(C)C(C)CCSC. The van der Waals surface area contributed by atoms with E-state index in [9.17, 15) is 0 Å². The van der Waals surface area contributed by atoms with Gasteiger partial charge in [-0.1, -0.05) is 6.92 Å². The van der Waals surface area contributed by atoms with Gasteiger partial charge in [0.25, 0.3) is 0 Å². The van der Waals surface area contributed by atoms with Gasteiger partial charge in [0.15, 0.2) is 0 Å². The Kier molecular flexibility index (Phi) is 6.78. The molecule has 0 amide bonds. The van der Waals surface area contributed by atoms with Crippen molar-refractivity contribution in [3.05, 3.63) is 0 Å². The van der Waals surface area contributed by atoms with Crippen LogP contribution < -0.4 is 5.32 Å². The summed E-state index contributed by atoms with van der Waals surface area (Å²) in [5.74, 6) is 2.18. The number of hydrogen-bond acceptors (Lipinski definition) is 3. The zero-order valence-electron chi connectivity index (χ0n) is 11.3. The molecule has 0 aromatic rings. The van der Waals surface area contributed by atoms with Gasteiger partial charge in [-0.15, -0.1) is 0 Å². The highest BCUT2D eigenvalue weighted by atomic mass is 32.2. The number of hydrogen-bond donors (Lipinski definition) is 1. The van der Waals surface area contributed by atoms with E-state index in [4.69, 9.17) is 0 Å². The first-order valence-electron chi connectivity index (χ1n) is 6.62. The summed E-state index contributed by atoms with van der Waals surface area (Å²) in [4.78, 5) is 2.61. The minimum Gasteiger partial charge on any atom is -0.317 e. The Balaban J connectivity index is 2.27. The molecule has 1 aliphatic carbocycles. The number of rotatable bonds is 8. The molecule has 0 radical (unpaired) electrons. The highest BCUT2D eigenvalue weighted by molar-refractivity contribution is 7.98. The molecule has 1 N–H and O–H groups in total. The molecule has 16 heavy (non-hydrogen) atoms. The van der Waals surface area contributed by atoms with Gasteiger partial charge in [-0.25, -0.2) is 0 Å². The van der Waals surface area contributed by atoms with Crippen LogP contribution >= 0.6 is 11.8 Å². The highest BCUT2D eigenvalue weighted by Gasteiger charge is 2.34. The van der Waals surface area contributed by atoms with Crippen LogP contribution in [0.1, 0.15) is 33.1 Å². The second-order valence-electron chi connectivity index (χ2n) is 5.01. The first kappa shape index (κ1) is 14.3. The summed E-state index contributed by atoms with van der Waals surface area (Å²) in [5, 5.41) is 3.49. The molecule has 2 nitrogen and oxygen atoms in total. The molecule has 0 aromatic heterocycles. The maximum atomic E-state index is 3.49. The van der Waals surface area contributed by atoms with E-state index >= 15 is 0 Å². The van der Waals surface area contributed by atoms with Gasteiger partial charge in [-0.3, -0.25) is 0 Å². The number of nitrogens with zero attached hydrogens (tertiary/aromatic N) is 1. The van der Waals surface area contributed by atoms with E-state index in [0.717, 1.165) is 24.5 Å². The van der Waals surface area contributed by atoms with Crippen LogP contribution in [0, 0.1) is 5.92 Å². The standard InChI is InChI=1S/C13H28N2S/c1-5-14-10-12-6-7-13(12)15(3)11(2)8-9-16-4/h11-14H,5-10H2,1-4H3. The van der Waals surface area contributed by atoms with Crippen LogP contribution in [-0.4, -0.2) is 49.1 Å². The molecule has 1 fully saturated rings. The second-order valence-corrected chi connectivity index (χ2v) is 5.99. The smallest absolute Gasteiger partial charge is 0.0135 e. The average molecular weight is 244 g/mol. The largest absolute Gasteiger partial charge is 0.317 e. The van der Waals surface area contributed by atoms with Crippen molar-refractivity contribution in [1.82, 2.24) is 10.2 Å². The number of nitrogens with one attached hydrogen (secondary N) is 1. The van der Waals surface area contributed by atoms with Crippen LogP contribution in [-0.2, 0) is 0 Å². The first-order valence-corrected chi connectivity index (χ1v) is 8.01. The molecule has 1 aliphatic rings. The molecule has 0 aliphatic heterocycles. The lowest BCUT2D eigenvalue weighted by Crippen LogP contribution is -2.51. The van der Waals surface area contributed by atoms with Gasteiger partial charge in [-0.2, -0.15) is 11.8 Å². The average Bonchev–Trinajstić information content (AvgIpc) is 2.24. The second kappa shape index (κ2) is 7.57. The lowest BCUT2D eigenvalue weighted by atomic mass is 9.78. The van der Waals surface area contributed by atoms with E-state index < -0.39 is 0 Å². The summed E-state index contributed by atoms with van der Waals surface area (Å²) in [6.45, 7) is 6.88. The summed E-state index contributed by atoms with van der Waals surface area (Å²) in [7, 11) is 2.31. The molecule has 0 saturated heterocycles. The number of thioether (sulfide) groups is 1. The summed E-state index contributed by atoms with van der Waals surface area (Å²) in [6.07, 6.45) is 6.33. The fourth-order valence-electron chi connectivity index (χ4n) is 2.47. The van der Waals surface area contributed by atoms with Crippen molar-refractivity contribution in [2.75, 3.05) is 32.1 Å². The Morgan fingerprint density at radius 1 is 1.44 bits per heavy atom. The van der Waals surface area contributed by atoms with Crippen LogP contribution in [0.3, 0.4) is 0 Å². The minimum atomic E-state index is 0.738. The third-order valence-corrected chi connectivity index (χ3v) is 4.64. The van der Waals surface area contributed by atoms with Crippen LogP contribution in [0.5, 0.6) is 0 Å². The summed E-state index contributed by atoms with van der Waals surface area (Å²) in [5.41, 5.74) is 0. The van der Waals surface area contributed by atoms with Crippen LogP contribution in [0.4, 0.5) is 0 Å². The van der Waals surface area contributed by atoms with Crippen molar-refractivity contribution in [1.29, 1.82) is 0 Å².